The van der Waals surface area contributed by atoms with Crippen molar-refractivity contribution >= 4 is 0 Å². The molecule has 0 radical (unpaired) electrons. The quantitative estimate of drug-likeness (QED) is 0.697. The molecule has 1 aliphatic rings. The lowest BCUT2D eigenvalue weighted by atomic mass is 9.90. The second-order valence-electron chi connectivity index (χ2n) is 4.56. The Kier molecular flexibility index (Phi) is 3.53. The van der Waals surface area contributed by atoms with Crippen LogP contribution in [0.1, 0.15) is 20.8 Å². The van der Waals surface area contributed by atoms with E-state index in [4.69, 9.17) is 19.7 Å². The lowest BCUT2D eigenvalue weighted by molar-refractivity contribution is -0.320. The zero-order valence-electron chi connectivity index (χ0n) is 9.12. The smallest absolute Gasteiger partial charge is 0.167 e. The average molecular weight is 204 g/mol. The Labute approximate surface area is 84.8 Å². The van der Waals surface area contributed by atoms with Crippen molar-refractivity contribution in [1.82, 2.24) is 0 Å². The fourth-order valence-electron chi connectivity index (χ4n) is 1.24. The number of aliphatic hydroxyl groups excluding tert-OH is 2. The topological polar surface area (TPSA) is 58.9 Å². The largest absolute Gasteiger partial charge is 0.396 e. The molecule has 0 spiro atoms. The average Bonchev–Trinajstić information content (AvgIpc) is 2.20. The summed E-state index contributed by atoms with van der Waals surface area (Å²) in [5.41, 5.74) is -0.631. The van der Waals surface area contributed by atoms with Crippen LogP contribution in [0.25, 0.3) is 0 Å². The van der Waals surface area contributed by atoms with E-state index in [9.17, 15) is 0 Å². The molecule has 0 unspecified atom stereocenters. The van der Waals surface area contributed by atoms with E-state index in [0.29, 0.717) is 13.2 Å². The molecule has 4 heteroatoms. The van der Waals surface area contributed by atoms with E-state index in [1.807, 2.05) is 20.8 Å². The van der Waals surface area contributed by atoms with Crippen molar-refractivity contribution in [2.24, 2.45) is 11.3 Å². The van der Waals surface area contributed by atoms with Crippen LogP contribution >= 0.6 is 0 Å². The Balaban J connectivity index is 2.60. The summed E-state index contributed by atoms with van der Waals surface area (Å²) in [4.78, 5) is 0. The molecule has 1 rings (SSSR count). The summed E-state index contributed by atoms with van der Waals surface area (Å²) in [6.45, 7) is 6.38. The highest BCUT2D eigenvalue weighted by atomic mass is 16.7. The predicted molar refractivity (Wildman–Crippen MR) is 51.8 cm³/mol. The molecular formula is C10H20O4. The molecule has 0 aromatic rings. The molecule has 0 aromatic carbocycles. The monoisotopic (exact) mass is 204 g/mol. The van der Waals surface area contributed by atoms with Crippen LogP contribution in [0.4, 0.5) is 0 Å². The molecule has 0 saturated carbocycles. The third-order valence-electron chi connectivity index (χ3n) is 3.05. The molecule has 0 amide bonds. The van der Waals surface area contributed by atoms with E-state index in [0.717, 1.165) is 0 Å². The lowest BCUT2D eigenvalue weighted by Crippen LogP contribution is -2.53. The first kappa shape index (κ1) is 11.9. The van der Waals surface area contributed by atoms with Crippen molar-refractivity contribution in [1.29, 1.82) is 0 Å². The van der Waals surface area contributed by atoms with E-state index in [2.05, 4.69) is 0 Å². The van der Waals surface area contributed by atoms with Crippen LogP contribution in [-0.4, -0.2) is 42.4 Å². The van der Waals surface area contributed by atoms with Gasteiger partial charge in [0.05, 0.1) is 31.8 Å². The normalized spacial score (nSPS) is 25.3. The molecule has 84 valence electrons. The van der Waals surface area contributed by atoms with Gasteiger partial charge < -0.3 is 19.7 Å². The Morgan fingerprint density at radius 1 is 1.14 bits per heavy atom. The van der Waals surface area contributed by atoms with Crippen LogP contribution in [0.15, 0.2) is 0 Å². The van der Waals surface area contributed by atoms with Crippen LogP contribution in [0.5, 0.6) is 0 Å². The molecule has 1 fully saturated rings. The molecular weight excluding hydrogens is 184 g/mol. The molecule has 4 nitrogen and oxygen atoms in total. The van der Waals surface area contributed by atoms with E-state index in [-0.39, 0.29) is 19.1 Å². The molecule has 2 N–H and O–H groups in total. The van der Waals surface area contributed by atoms with Crippen LogP contribution in [0.2, 0.25) is 0 Å². The zero-order chi connectivity index (χ0) is 10.8. The van der Waals surface area contributed by atoms with E-state index in [1.54, 1.807) is 0 Å². The summed E-state index contributed by atoms with van der Waals surface area (Å²) in [7, 11) is 0. The second-order valence-corrected chi connectivity index (χ2v) is 4.56. The van der Waals surface area contributed by atoms with Gasteiger partial charge in [-0.25, -0.2) is 0 Å². The van der Waals surface area contributed by atoms with E-state index in [1.165, 1.54) is 0 Å². The fourth-order valence-corrected chi connectivity index (χ4v) is 1.24. The second kappa shape index (κ2) is 4.14. The van der Waals surface area contributed by atoms with Crippen molar-refractivity contribution in [3.8, 4) is 0 Å². The fraction of sp³-hybridized carbons (Fsp3) is 1.00. The minimum Gasteiger partial charge on any atom is -0.396 e. The van der Waals surface area contributed by atoms with Crippen molar-refractivity contribution in [2.45, 2.75) is 26.6 Å². The van der Waals surface area contributed by atoms with Gasteiger partial charge in [0, 0.05) is 5.92 Å². The zero-order valence-corrected chi connectivity index (χ0v) is 9.12. The summed E-state index contributed by atoms with van der Waals surface area (Å²) >= 11 is 0. The van der Waals surface area contributed by atoms with Gasteiger partial charge in [-0.15, -0.1) is 0 Å². The van der Waals surface area contributed by atoms with Crippen LogP contribution in [-0.2, 0) is 9.47 Å². The molecule has 1 saturated heterocycles. The summed E-state index contributed by atoms with van der Waals surface area (Å²) in [5.74, 6) is -0.341. The molecule has 14 heavy (non-hydrogen) atoms. The minimum absolute atomic E-state index is 0.113. The van der Waals surface area contributed by atoms with E-state index < -0.39 is 11.2 Å². The summed E-state index contributed by atoms with van der Waals surface area (Å²) < 4.78 is 11.2. The van der Waals surface area contributed by atoms with E-state index >= 15 is 0 Å². The highest BCUT2D eigenvalue weighted by Crippen LogP contribution is 2.33. The predicted octanol–water partition coefficient (Wildman–Crippen LogP) is 0.376. The van der Waals surface area contributed by atoms with Crippen molar-refractivity contribution in [3.63, 3.8) is 0 Å². The Morgan fingerprint density at radius 2 is 1.57 bits per heavy atom. The van der Waals surface area contributed by atoms with Crippen molar-refractivity contribution in [2.75, 3.05) is 26.4 Å². The maximum Gasteiger partial charge on any atom is 0.167 e. The van der Waals surface area contributed by atoms with Gasteiger partial charge in [-0.1, -0.05) is 13.8 Å². The maximum atomic E-state index is 9.13. The highest BCUT2D eigenvalue weighted by Gasteiger charge is 2.43. The Bertz CT molecular complexity index is 171. The van der Waals surface area contributed by atoms with Crippen LogP contribution in [0.3, 0.4) is 0 Å². The summed E-state index contributed by atoms with van der Waals surface area (Å²) in [6.07, 6.45) is 0. The first-order valence-electron chi connectivity index (χ1n) is 4.98. The molecule has 0 atom stereocenters. The number of ether oxygens (including phenoxy) is 2. The maximum absolute atomic E-state index is 9.13. The molecule has 1 heterocycles. The van der Waals surface area contributed by atoms with Crippen molar-refractivity contribution in [3.05, 3.63) is 0 Å². The van der Waals surface area contributed by atoms with Gasteiger partial charge in [0.25, 0.3) is 0 Å². The summed E-state index contributed by atoms with van der Waals surface area (Å²) in [6, 6.07) is 0. The Hall–Kier alpha value is -0.160. The summed E-state index contributed by atoms with van der Waals surface area (Å²) in [5, 5.41) is 18.3. The van der Waals surface area contributed by atoms with Crippen LogP contribution in [0, 0.1) is 11.3 Å². The first-order valence-corrected chi connectivity index (χ1v) is 4.98. The van der Waals surface area contributed by atoms with Gasteiger partial charge in [0.2, 0.25) is 0 Å². The number of rotatable bonds is 3. The molecule has 0 aromatic heterocycles. The van der Waals surface area contributed by atoms with Gasteiger partial charge in [-0.05, 0) is 6.92 Å². The van der Waals surface area contributed by atoms with Gasteiger partial charge in [-0.2, -0.15) is 0 Å². The van der Waals surface area contributed by atoms with Crippen molar-refractivity contribution < 1.29 is 19.7 Å². The number of hydrogen-bond acceptors (Lipinski definition) is 4. The van der Waals surface area contributed by atoms with Gasteiger partial charge in [-0.3, -0.25) is 0 Å². The number of hydrogen-bond donors (Lipinski definition) is 2. The molecule has 1 aliphatic heterocycles. The van der Waals surface area contributed by atoms with Gasteiger partial charge in [0.15, 0.2) is 5.79 Å². The lowest BCUT2D eigenvalue weighted by Gasteiger charge is -2.45. The van der Waals surface area contributed by atoms with Gasteiger partial charge >= 0.3 is 0 Å². The molecule has 0 aliphatic carbocycles. The minimum atomic E-state index is -0.631. The molecule has 0 bridgehead atoms. The number of aliphatic hydroxyl groups is 2. The third kappa shape index (κ3) is 2.08. The Morgan fingerprint density at radius 3 is 1.86 bits per heavy atom. The van der Waals surface area contributed by atoms with Crippen LogP contribution < -0.4 is 0 Å². The first-order chi connectivity index (χ1) is 6.48. The SMILES string of the molecule is CC(C)C1(C)OCC(CO)(CO)CO1. The highest BCUT2D eigenvalue weighted by molar-refractivity contribution is 4.84. The third-order valence-corrected chi connectivity index (χ3v) is 3.05. The standard InChI is InChI=1S/C10H20O4/c1-8(2)9(3)13-6-10(4-11,5-12)7-14-9/h8,11-12H,4-7H2,1-3H3. The van der Waals surface area contributed by atoms with Gasteiger partial charge in [0.1, 0.15) is 0 Å².